The van der Waals surface area contributed by atoms with E-state index < -0.39 is 113 Å². The van der Waals surface area contributed by atoms with E-state index in [1.54, 1.807) is 19.9 Å². The maximum Gasteiger partial charge on any atom is 0.508 e. The number of allylic oxidation sites excluding steroid dienone is 3. The van der Waals surface area contributed by atoms with Crippen molar-refractivity contribution in [3.05, 3.63) is 58.0 Å². The maximum atomic E-state index is 14.5. The number of nitrogens with one attached hydrogen (secondary N) is 1. The predicted octanol–water partition coefficient (Wildman–Crippen LogP) is 3.79. The highest BCUT2D eigenvalue weighted by Gasteiger charge is 2.53. The predicted molar refractivity (Wildman–Crippen MR) is 208 cm³/mol. The molecule has 16 heteroatoms. The zero-order valence-corrected chi connectivity index (χ0v) is 34.3. The first-order valence-electron chi connectivity index (χ1n) is 20.1. The van der Waals surface area contributed by atoms with Crippen molar-refractivity contribution >= 4 is 35.1 Å². The summed E-state index contributed by atoms with van der Waals surface area (Å²) in [5.74, 6) is -5.43. The van der Waals surface area contributed by atoms with Crippen LogP contribution in [-0.2, 0) is 33.3 Å². The summed E-state index contributed by atoms with van der Waals surface area (Å²) in [4.78, 5) is 73.6. The Morgan fingerprint density at radius 3 is 2.29 bits per heavy atom. The molecule has 4 N–H and O–H groups in total. The second-order valence-corrected chi connectivity index (χ2v) is 16.9. The number of methoxy groups -OCH3 is 1. The van der Waals surface area contributed by atoms with Crippen molar-refractivity contribution in [3.8, 4) is 11.5 Å². The van der Waals surface area contributed by atoms with Gasteiger partial charge in [0.25, 0.3) is 5.91 Å². The molecule has 3 fully saturated rings. The highest BCUT2D eigenvalue weighted by atomic mass is 16.7. The molecule has 5 aliphatic heterocycles. The SMILES string of the molecule is COC1C=COCC2(C)Oc3c(C)c(O)c4c(c3C2=O)C(=NC2CCC(O)OC2C)C=C(NC(=O)C(C)=CC(=O)C2CC2C(O)C(C)C2OC(=O)OC(C1C)C2C)C4=O. The molecule has 0 radical (unpaired) electrons. The number of rotatable bonds is 2. The number of ketones is 3. The largest absolute Gasteiger partial charge is 0.508 e. The number of hydrogen-bond donors (Lipinski definition) is 4. The molecule has 16 nitrogen and oxygen atoms in total. The van der Waals surface area contributed by atoms with Gasteiger partial charge in [-0.05, 0) is 64.7 Å². The van der Waals surface area contributed by atoms with E-state index in [4.69, 9.17) is 33.4 Å². The van der Waals surface area contributed by atoms with Crippen molar-refractivity contribution in [1.29, 1.82) is 0 Å². The Kier molecular flexibility index (Phi) is 11.4. The van der Waals surface area contributed by atoms with Crippen molar-refractivity contribution in [1.82, 2.24) is 5.32 Å². The number of benzene rings is 1. The summed E-state index contributed by atoms with van der Waals surface area (Å²) in [6.45, 7) is 11.3. The maximum absolute atomic E-state index is 14.5. The lowest BCUT2D eigenvalue weighted by Crippen LogP contribution is -2.52. The van der Waals surface area contributed by atoms with Gasteiger partial charge >= 0.3 is 6.16 Å². The number of phenolic OH excluding ortho intramolecular Hbond substituents is 1. The van der Waals surface area contributed by atoms with Gasteiger partial charge in [-0.25, -0.2) is 4.79 Å². The number of nitrogens with zero attached hydrogens (tertiary/aromatic N) is 1. The first kappa shape index (κ1) is 42.2. The van der Waals surface area contributed by atoms with Crippen LogP contribution in [0.1, 0.15) is 92.6 Å². The summed E-state index contributed by atoms with van der Waals surface area (Å²) in [5, 5.41) is 35.8. The van der Waals surface area contributed by atoms with Gasteiger partial charge in [-0.3, -0.25) is 24.2 Å². The number of phenols is 1. The van der Waals surface area contributed by atoms with Crippen molar-refractivity contribution < 1.29 is 67.7 Å². The Morgan fingerprint density at radius 1 is 0.915 bits per heavy atom. The van der Waals surface area contributed by atoms with Gasteiger partial charge in [0.15, 0.2) is 12.1 Å². The second-order valence-electron chi connectivity index (χ2n) is 16.9. The summed E-state index contributed by atoms with van der Waals surface area (Å²) in [7, 11) is 1.49. The van der Waals surface area contributed by atoms with Gasteiger partial charge in [0.1, 0.15) is 30.3 Å². The molecule has 59 heavy (non-hydrogen) atoms. The summed E-state index contributed by atoms with van der Waals surface area (Å²) in [5.41, 5.74) is -1.97. The number of Topliss-reactive ketones (excluding diaryl/α,β-unsaturated/α-hetero) is 2. The molecule has 1 aromatic carbocycles. The van der Waals surface area contributed by atoms with Gasteiger partial charge in [-0.1, -0.05) is 20.8 Å². The van der Waals surface area contributed by atoms with Crippen LogP contribution in [0.2, 0.25) is 0 Å². The molecule has 0 aromatic heterocycles. The molecule has 5 heterocycles. The molecule has 318 valence electrons. The van der Waals surface area contributed by atoms with E-state index >= 15 is 0 Å². The first-order chi connectivity index (χ1) is 27.9. The number of hydrogen-bond acceptors (Lipinski definition) is 15. The van der Waals surface area contributed by atoms with E-state index in [1.165, 1.54) is 46.3 Å². The Labute approximate surface area is 341 Å². The number of carbonyl (C=O) groups excluding carboxylic acids is 5. The fraction of sp³-hybridized carbons (Fsp3) is 0.581. The van der Waals surface area contributed by atoms with E-state index in [-0.39, 0.29) is 58.0 Å². The molecule has 7 bridgehead atoms. The minimum absolute atomic E-state index is 0.000569. The molecule has 8 rings (SSSR count). The molecule has 1 amide bonds. The zero-order valence-electron chi connectivity index (χ0n) is 34.3. The standard InChI is InChI=1S/C43H52N2O14/c1-17-13-28(46)23-14-24(23)34(48)19(3)38-21(5)37(57-42(53)58-38)18(2)29(54-8)11-12-55-16-43(7)40(51)33-31-26(44-25-9-10-30(47)56-22(25)6)15-27(45-41(17)52)36(50)32(31)35(49)20(4)39(33)59-43/h11-13,15,18-19,21-25,29-30,34,37-38,47-49H,9-10,14,16H2,1-8H3,(H,45,52). The van der Waals surface area contributed by atoms with E-state index in [9.17, 15) is 39.3 Å². The number of carbonyl (C=O) groups is 5. The van der Waals surface area contributed by atoms with Crippen LogP contribution >= 0.6 is 0 Å². The van der Waals surface area contributed by atoms with Gasteiger partial charge in [0, 0.05) is 53.9 Å². The van der Waals surface area contributed by atoms with Crippen LogP contribution in [0.15, 0.2) is 40.8 Å². The van der Waals surface area contributed by atoms with Gasteiger partial charge < -0.3 is 49.1 Å². The summed E-state index contributed by atoms with van der Waals surface area (Å²) < 4.78 is 34.9. The van der Waals surface area contributed by atoms with Crippen molar-refractivity contribution in [2.24, 2.45) is 34.6 Å². The summed E-state index contributed by atoms with van der Waals surface area (Å²) >= 11 is 0. The Morgan fingerprint density at radius 2 is 1.61 bits per heavy atom. The normalized spacial score (nSPS) is 38.2. The van der Waals surface area contributed by atoms with E-state index in [1.807, 2.05) is 13.8 Å². The molecule has 13 atom stereocenters. The topological polar surface area (TPSA) is 226 Å². The Balaban J connectivity index is 1.31. The quantitative estimate of drug-likeness (QED) is 0.312. The lowest BCUT2D eigenvalue weighted by atomic mass is 9.79. The van der Waals surface area contributed by atoms with Crippen molar-refractivity contribution in [3.63, 3.8) is 0 Å². The van der Waals surface area contributed by atoms with E-state index in [0.717, 1.165) is 0 Å². The van der Waals surface area contributed by atoms with Crippen LogP contribution in [-0.4, -0.2) is 113 Å². The molecule has 2 saturated heterocycles. The zero-order chi connectivity index (χ0) is 42.8. The van der Waals surface area contributed by atoms with Gasteiger partial charge in [-0.15, -0.1) is 0 Å². The Bertz CT molecular complexity index is 2090. The highest BCUT2D eigenvalue weighted by molar-refractivity contribution is 6.32. The summed E-state index contributed by atoms with van der Waals surface area (Å²) in [6.07, 6.45) is 0.906. The monoisotopic (exact) mass is 820 g/mol. The molecule has 1 aromatic rings. The van der Waals surface area contributed by atoms with Crippen LogP contribution in [0, 0.1) is 36.5 Å². The highest BCUT2D eigenvalue weighted by Crippen LogP contribution is 2.49. The first-order valence-corrected chi connectivity index (χ1v) is 20.1. The number of aliphatic imine (C=N–C) groups is 1. The number of ether oxygens (including phenoxy) is 6. The minimum atomic E-state index is -1.64. The average Bonchev–Trinajstić information content (AvgIpc) is 3.95. The third-order valence-electron chi connectivity index (χ3n) is 12.8. The molecule has 1 saturated carbocycles. The van der Waals surface area contributed by atoms with E-state index in [2.05, 4.69) is 5.32 Å². The number of aromatic hydroxyl groups is 1. The molecular weight excluding hydrogens is 768 g/mol. The van der Waals surface area contributed by atoms with Crippen LogP contribution in [0.3, 0.4) is 0 Å². The lowest BCUT2D eigenvalue weighted by molar-refractivity contribution is -0.162. The lowest BCUT2D eigenvalue weighted by Gasteiger charge is -2.42. The number of amides is 1. The van der Waals surface area contributed by atoms with Crippen LogP contribution in [0.5, 0.6) is 11.5 Å². The number of aliphatic hydroxyl groups excluding tert-OH is 2. The smallest absolute Gasteiger partial charge is 0.507 e. The van der Waals surface area contributed by atoms with Gasteiger partial charge in [0.05, 0.1) is 53.2 Å². The third-order valence-corrected chi connectivity index (χ3v) is 12.8. The van der Waals surface area contributed by atoms with Crippen LogP contribution in [0.4, 0.5) is 4.79 Å². The molecule has 0 spiro atoms. The van der Waals surface area contributed by atoms with Crippen molar-refractivity contribution in [2.75, 3.05) is 13.7 Å². The number of aliphatic hydroxyl groups is 2. The minimum Gasteiger partial charge on any atom is -0.507 e. The number of fused-ring (bicyclic) bond motifs is 9. The third kappa shape index (κ3) is 7.60. The Hall–Kier alpha value is -4.90. The molecule has 13 unspecified atom stereocenters. The average molecular weight is 821 g/mol. The van der Waals surface area contributed by atoms with E-state index in [0.29, 0.717) is 12.8 Å². The van der Waals surface area contributed by atoms with Crippen LogP contribution in [0.25, 0.3) is 0 Å². The van der Waals surface area contributed by atoms with Crippen molar-refractivity contribution in [2.45, 2.75) is 116 Å². The second kappa shape index (κ2) is 15.9. The molecule has 2 aliphatic carbocycles. The van der Waals surface area contributed by atoms with Gasteiger partial charge in [-0.2, -0.15) is 0 Å². The fourth-order valence-electron chi connectivity index (χ4n) is 9.13. The van der Waals surface area contributed by atoms with Gasteiger partial charge in [0.2, 0.25) is 17.2 Å². The molecular formula is C43H52N2O14. The molecule has 7 aliphatic rings. The van der Waals surface area contributed by atoms with Crippen LogP contribution < -0.4 is 10.1 Å². The summed E-state index contributed by atoms with van der Waals surface area (Å²) in [6, 6.07) is -0.549. The fourth-order valence-corrected chi connectivity index (χ4v) is 9.13.